The summed E-state index contributed by atoms with van der Waals surface area (Å²) in [5, 5.41) is 0. The predicted octanol–water partition coefficient (Wildman–Crippen LogP) is 0.993. The van der Waals surface area contributed by atoms with Crippen LogP contribution in [0.1, 0.15) is 20.7 Å². The first kappa shape index (κ1) is 15.9. The summed E-state index contributed by atoms with van der Waals surface area (Å²) in [5.41, 5.74) is 6.66. The molecule has 1 saturated heterocycles. The van der Waals surface area contributed by atoms with Crippen LogP contribution >= 0.6 is 0 Å². The van der Waals surface area contributed by atoms with E-state index in [0.717, 1.165) is 18.8 Å². The third-order valence-electron chi connectivity index (χ3n) is 3.72. The SMILES string of the molecule is O=C(NNC(=O)c1cccnc1)c1ccc(N2CCOCC2)cc1. The molecule has 0 unspecified atom stereocenters. The van der Waals surface area contributed by atoms with Gasteiger partial charge in [0.25, 0.3) is 11.8 Å². The van der Waals surface area contributed by atoms with Crippen molar-refractivity contribution in [3.63, 3.8) is 0 Å². The van der Waals surface area contributed by atoms with Gasteiger partial charge in [0.1, 0.15) is 0 Å². The van der Waals surface area contributed by atoms with E-state index in [9.17, 15) is 9.59 Å². The van der Waals surface area contributed by atoms with Gasteiger partial charge in [-0.2, -0.15) is 0 Å². The molecular formula is C17H18N4O3. The zero-order chi connectivity index (χ0) is 16.8. The van der Waals surface area contributed by atoms with Crippen molar-refractivity contribution < 1.29 is 14.3 Å². The summed E-state index contributed by atoms with van der Waals surface area (Å²) in [6.07, 6.45) is 3.00. The van der Waals surface area contributed by atoms with E-state index in [0.29, 0.717) is 24.3 Å². The molecular weight excluding hydrogens is 308 g/mol. The molecule has 1 aliphatic heterocycles. The van der Waals surface area contributed by atoms with E-state index in [-0.39, 0.29) is 5.91 Å². The van der Waals surface area contributed by atoms with Gasteiger partial charge in [0.15, 0.2) is 0 Å². The number of morpholine rings is 1. The van der Waals surface area contributed by atoms with Gasteiger partial charge in [-0.25, -0.2) is 0 Å². The molecule has 3 rings (SSSR count). The van der Waals surface area contributed by atoms with Crippen molar-refractivity contribution in [2.24, 2.45) is 0 Å². The Morgan fingerprint density at radius 1 is 0.958 bits per heavy atom. The molecule has 1 fully saturated rings. The Hall–Kier alpha value is -2.93. The van der Waals surface area contributed by atoms with Crippen LogP contribution < -0.4 is 15.8 Å². The first-order valence-electron chi connectivity index (χ1n) is 7.67. The third-order valence-corrected chi connectivity index (χ3v) is 3.72. The fourth-order valence-corrected chi connectivity index (χ4v) is 2.40. The molecule has 2 N–H and O–H groups in total. The highest BCUT2D eigenvalue weighted by Crippen LogP contribution is 2.16. The Labute approximate surface area is 139 Å². The molecule has 2 heterocycles. The molecule has 0 bridgehead atoms. The number of pyridine rings is 1. The largest absolute Gasteiger partial charge is 0.378 e. The average molecular weight is 326 g/mol. The number of hydrogen-bond donors (Lipinski definition) is 2. The summed E-state index contributed by atoms with van der Waals surface area (Å²) in [4.78, 5) is 30.0. The predicted molar refractivity (Wildman–Crippen MR) is 88.6 cm³/mol. The van der Waals surface area contributed by atoms with Crippen LogP contribution in [0.15, 0.2) is 48.8 Å². The summed E-state index contributed by atoms with van der Waals surface area (Å²) in [7, 11) is 0. The maximum Gasteiger partial charge on any atom is 0.271 e. The lowest BCUT2D eigenvalue weighted by molar-refractivity contribution is 0.0846. The molecule has 0 atom stereocenters. The van der Waals surface area contributed by atoms with Crippen LogP contribution in [0, 0.1) is 0 Å². The van der Waals surface area contributed by atoms with Crippen molar-refractivity contribution in [2.45, 2.75) is 0 Å². The highest BCUT2D eigenvalue weighted by atomic mass is 16.5. The van der Waals surface area contributed by atoms with E-state index in [1.807, 2.05) is 12.1 Å². The smallest absolute Gasteiger partial charge is 0.271 e. The second-order valence-corrected chi connectivity index (χ2v) is 5.30. The average Bonchev–Trinajstić information content (AvgIpc) is 2.67. The van der Waals surface area contributed by atoms with Crippen molar-refractivity contribution in [1.82, 2.24) is 15.8 Å². The van der Waals surface area contributed by atoms with Crippen molar-refractivity contribution in [1.29, 1.82) is 0 Å². The first-order chi connectivity index (χ1) is 11.7. The topological polar surface area (TPSA) is 83.6 Å². The Bertz CT molecular complexity index is 698. The number of carbonyl (C=O) groups is 2. The minimum absolute atomic E-state index is 0.374. The van der Waals surface area contributed by atoms with Gasteiger partial charge in [-0.3, -0.25) is 25.4 Å². The molecule has 0 radical (unpaired) electrons. The molecule has 7 heteroatoms. The second kappa shape index (κ2) is 7.56. The lowest BCUT2D eigenvalue weighted by atomic mass is 10.2. The Kier molecular flexibility index (Phi) is 5.02. The van der Waals surface area contributed by atoms with E-state index < -0.39 is 5.91 Å². The number of carbonyl (C=O) groups excluding carboxylic acids is 2. The van der Waals surface area contributed by atoms with Gasteiger partial charge in [0.2, 0.25) is 0 Å². The molecule has 7 nitrogen and oxygen atoms in total. The van der Waals surface area contributed by atoms with Crippen molar-refractivity contribution in [3.8, 4) is 0 Å². The lowest BCUT2D eigenvalue weighted by Crippen LogP contribution is -2.41. The maximum absolute atomic E-state index is 12.1. The Morgan fingerprint density at radius 3 is 2.25 bits per heavy atom. The molecule has 0 saturated carbocycles. The zero-order valence-corrected chi connectivity index (χ0v) is 13.1. The summed E-state index contributed by atoms with van der Waals surface area (Å²) in [6, 6.07) is 10.5. The number of anilines is 1. The number of nitrogens with one attached hydrogen (secondary N) is 2. The van der Waals surface area contributed by atoms with Crippen molar-refractivity contribution in [2.75, 3.05) is 31.2 Å². The van der Waals surface area contributed by atoms with Crippen LogP contribution in [-0.4, -0.2) is 43.1 Å². The monoisotopic (exact) mass is 326 g/mol. The number of nitrogens with zero attached hydrogens (tertiary/aromatic N) is 2. The number of rotatable bonds is 3. The summed E-state index contributed by atoms with van der Waals surface area (Å²) in [5.74, 6) is -0.790. The van der Waals surface area contributed by atoms with E-state index in [1.54, 1.807) is 30.5 Å². The van der Waals surface area contributed by atoms with Gasteiger partial charge >= 0.3 is 0 Å². The number of hydrazine groups is 1. The normalized spacial score (nSPS) is 14.1. The molecule has 1 aliphatic rings. The fraction of sp³-hybridized carbons (Fsp3) is 0.235. The molecule has 1 aromatic heterocycles. The number of hydrogen-bond acceptors (Lipinski definition) is 5. The van der Waals surface area contributed by atoms with E-state index >= 15 is 0 Å². The van der Waals surface area contributed by atoms with E-state index in [4.69, 9.17) is 4.74 Å². The van der Waals surface area contributed by atoms with Crippen LogP contribution in [0.3, 0.4) is 0 Å². The minimum Gasteiger partial charge on any atom is -0.378 e. The molecule has 1 aromatic carbocycles. The Morgan fingerprint density at radius 2 is 1.62 bits per heavy atom. The second-order valence-electron chi connectivity index (χ2n) is 5.30. The fourth-order valence-electron chi connectivity index (χ4n) is 2.40. The van der Waals surface area contributed by atoms with Gasteiger partial charge < -0.3 is 9.64 Å². The summed E-state index contributed by atoms with van der Waals surface area (Å²) >= 11 is 0. The maximum atomic E-state index is 12.1. The number of benzene rings is 1. The lowest BCUT2D eigenvalue weighted by Gasteiger charge is -2.28. The van der Waals surface area contributed by atoms with Gasteiger partial charge in [0, 0.05) is 36.7 Å². The van der Waals surface area contributed by atoms with E-state index in [1.165, 1.54) is 6.20 Å². The van der Waals surface area contributed by atoms with Crippen LogP contribution in [0.4, 0.5) is 5.69 Å². The third kappa shape index (κ3) is 3.88. The molecule has 24 heavy (non-hydrogen) atoms. The quantitative estimate of drug-likeness (QED) is 0.822. The highest BCUT2D eigenvalue weighted by molar-refractivity contribution is 5.99. The van der Waals surface area contributed by atoms with Crippen LogP contribution in [0.5, 0.6) is 0 Å². The van der Waals surface area contributed by atoms with Crippen LogP contribution in [0.25, 0.3) is 0 Å². The minimum atomic E-state index is -0.415. The summed E-state index contributed by atoms with van der Waals surface area (Å²) in [6.45, 7) is 3.10. The number of ether oxygens (including phenoxy) is 1. The van der Waals surface area contributed by atoms with E-state index in [2.05, 4.69) is 20.7 Å². The summed E-state index contributed by atoms with van der Waals surface area (Å²) < 4.78 is 5.32. The number of amides is 2. The zero-order valence-electron chi connectivity index (χ0n) is 13.1. The molecule has 0 aliphatic carbocycles. The number of aromatic nitrogens is 1. The van der Waals surface area contributed by atoms with Crippen molar-refractivity contribution >= 4 is 17.5 Å². The van der Waals surface area contributed by atoms with Crippen LogP contribution in [-0.2, 0) is 4.74 Å². The molecule has 124 valence electrons. The standard InChI is InChI=1S/C17H18N4O3/c22-16(19-20-17(23)14-2-1-7-18-12-14)13-3-5-15(6-4-13)21-8-10-24-11-9-21/h1-7,12H,8-11H2,(H,19,22)(H,20,23). The molecule has 0 spiro atoms. The van der Waals surface area contributed by atoms with Gasteiger partial charge in [0.05, 0.1) is 18.8 Å². The Balaban J connectivity index is 1.56. The molecule has 2 amide bonds. The molecule has 2 aromatic rings. The highest BCUT2D eigenvalue weighted by Gasteiger charge is 2.13. The van der Waals surface area contributed by atoms with Crippen molar-refractivity contribution in [3.05, 3.63) is 59.9 Å². The van der Waals surface area contributed by atoms with Gasteiger partial charge in [-0.15, -0.1) is 0 Å². The van der Waals surface area contributed by atoms with Gasteiger partial charge in [-0.05, 0) is 36.4 Å². The van der Waals surface area contributed by atoms with Gasteiger partial charge in [-0.1, -0.05) is 0 Å². The van der Waals surface area contributed by atoms with Crippen LogP contribution in [0.2, 0.25) is 0 Å². The first-order valence-corrected chi connectivity index (χ1v) is 7.67.